The number of nitrogens with one attached hydrogen (secondary N) is 1. The van der Waals surface area contributed by atoms with Gasteiger partial charge in [0.1, 0.15) is 5.75 Å². The van der Waals surface area contributed by atoms with Crippen LogP contribution in [0.15, 0.2) is 42.5 Å². The van der Waals surface area contributed by atoms with Crippen LogP contribution in [-0.2, 0) is 0 Å². The van der Waals surface area contributed by atoms with Gasteiger partial charge in [0.2, 0.25) is 0 Å². The van der Waals surface area contributed by atoms with Crippen LogP contribution in [0.25, 0.3) is 22.0 Å². The first-order chi connectivity index (χ1) is 14.7. The predicted molar refractivity (Wildman–Crippen MR) is 118 cm³/mol. The lowest BCUT2D eigenvalue weighted by molar-refractivity contribution is 0.0995. The van der Waals surface area contributed by atoms with Gasteiger partial charge in [-0.05, 0) is 66.5 Å². The van der Waals surface area contributed by atoms with Crippen molar-refractivity contribution in [3.05, 3.63) is 48.2 Å². The number of nitrogens with two attached hydrogens (primary N) is 1. The average Bonchev–Trinajstić information content (AvgIpc) is 3.67. The Bertz CT molecular complexity index is 1090. The minimum absolute atomic E-state index is 0.196. The van der Waals surface area contributed by atoms with Gasteiger partial charge in [0.15, 0.2) is 5.69 Å². The Morgan fingerprint density at radius 2 is 1.83 bits per heavy atom. The zero-order chi connectivity index (χ0) is 20.5. The monoisotopic (exact) mass is 402 g/mol. The second kappa shape index (κ2) is 7.94. The molecule has 154 valence electrons. The molecular weight excluding hydrogens is 376 g/mol. The van der Waals surface area contributed by atoms with Crippen molar-refractivity contribution >= 4 is 22.5 Å². The summed E-state index contributed by atoms with van der Waals surface area (Å²) < 4.78 is 5.92. The molecule has 6 heteroatoms. The largest absolute Gasteiger partial charge is 0.493 e. The fourth-order valence-corrected chi connectivity index (χ4v) is 3.71. The molecule has 0 atom stereocenters. The molecule has 2 aliphatic rings. The fourth-order valence-electron chi connectivity index (χ4n) is 3.71. The Kier molecular flexibility index (Phi) is 4.99. The van der Waals surface area contributed by atoms with E-state index in [2.05, 4.69) is 27.6 Å². The van der Waals surface area contributed by atoms with Crippen LogP contribution >= 0.6 is 0 Å². The number of primary amides is 1. The maximum Gasteiger partial charge on any atom is 0.271 e. The summed E-state index contributed by atoms with van der Waals surface area (Å²) in [4.78, 5) is 11.9. The summed E-state index contributed by atoms with van der Waals surface area (Å²) in [6, 6.07) is 14.2. The third-order valence-electron chi connectivity index (χ3n) is 5.90. The lowest BCUT2D eigenvalue weighted by Gasteiger charge is -2.13. The van der Waals surface area contributed by atoms with Crippen LogP contribution in [0.4, 0.5) is 5.69 Å². The highest BCUT2D eigenvalue weighted by Crippen LogP contribution is 2.34. The number of nitrogens with zero attached hydrogens (tertiary/aromatic N) is 2. The van der Waals surface area contributed by atoms with E-state index in [0.29, 0.717) is 5.69 Å². The topological polar surface area (TPSA) is 90.1 Å². The molecule has 5 rings (SSSR count). The number of ether oxygens (including phenoxy) is 1. The molecule has 30 heavy (non-hydrogen) atoms. The van der Waals surface area contributed by atoms with Crippen LogP contribution < -0.4 is 15.8 Å². The molecule has 2 fully saturated rings. The smallest absolute Gasteiger partial charge is 0.271 e. The Morgan fingerprint density at radius 1 is 1.03 bits per heavy atom. The lowest BCUT2D eigenvalue weighted by Crippen LogP contribution is -2.18. The normalized spacial score (nSPS) is 15.9. The summed E-state index contributed by atoms with van der Waals surface area (Å²) >= 11 is 0. The second-order valence-electron chi connectivity index (χ2n) is 8.46. The van der Waals surface area contributed by atoms with Crippen molar-refractivity contribution in [3.8, 4) is 16.9 Å². The standard InChI is InChI=1S/C24H26N4O2/c25-24(29)23-22(26-11-10-15-4-5-15)20-9-8-18(13-21(20)27-28-23)17-2-1-3-19(12-17)30-14-16-6-7-16/h1-3,8-9,12-13,15-16H,4-7,10-11,14H2,(H2,25,29)(H,26,27). The van der Waals surface area contributed by atoms with Crippen molar-refractivity contribution in [1.82, 2.24) is 10.2 Å². The molecule has 2 aliphatic carbocycles. The highest BCUT2D eigenvalue weighted by Gasteiger charge is 2.22. The van der Waals surface area contributed by atoms with Crippen molar-refractivity contribution in [2.45, 2.75) is 32.1 Å². The molecule has 1 heterocycles. The number of carbonyl (C=O) groups excluding carboxylic acids is 1. The number of carbonyl (C=O) groups is 1. The molecule has 3 N–H and O–H groups in total. The van der Waals surface area contributed by atoms with E-state index in [9.17, 15) is 4.79 Å². The van der Waals surface area contributed by atoms with Gasteiger partial charge in [-0.3, -0.25) is 4.79 Å². The number of aromatic nitrogens is 2. The van der Waals surface area contributed by atoms with E-state index in [1.165, 1.54) is 25.7 Å². The van der Waals surface area contributed by atoms with Crippen molar-refractivity contribution < 1.29 is 9.53 Å². The van der Waals surface area contributed by atoms with E-state index in [4.69, 9.17) is 10.5 Å². The van der Waals surface area contributed by atoms with Gasteiger partial charge in [0.25, 0.3) is 5.91 Å². The van der Waals surface area contributed by atoms with E-state index in [-0.39, 0.29) is 5.69 Å². The van der Waals surface area contributed by atoms with Gasteiger partial charge < -0.3 is 15.8 Å². The van der Waals surface area contributed by atoms with Gasteiger partial charge in [-0.15, -0.1) is 10.2 Å². The summed E-state index contributed by atoms with van der Waals surface area (Å²) in [5.74, 6) is 1.84. The van der Waals surface area contributed by atoms with Gasteiger partial charge in [0.05, 0.1) is 17.8 Å². The van der Waals surface area contributed by atoms with Gasteiger partial charge in [0, 0.05) is 11.9 Å². The number of hydrogen-bond acceptors (Lipinski definition) is 5. The molecule has 3 aromatic rings. The molecule has 0 spiro atoms. The molecular formula is C24H26N4O2. The summed E-state index contributed by atoms with van der Waals surface area (Å²) in [6.07, 6.45) is 6.23. The number of fused-ring (bicyclic) bond motifs is 1. The average molecular weight is 402 g/mol. The minimum Gasteiger partial charge on any atom is -0.493 e. The van der Waals surface area contributed by atoms with Crippen molar-refractivity contribution in [1.29, 1.82) is 0 Å². The Morgan fingerprint density at radius 3 is 2.60 bits per heavy atom. The Hall–Kier alpha value is -3.15. The molecule has 6 nitrogen and oxygen atoms in total. The van der Waals surface area contributed by atoms with Crippen LogP contribution in [0.3, 0.4) is 0 Å². The summed E-state index contributed by atoms with van der Waals surface area (Å²) in [5.41, 5.74) is 9.25. The maximum atomic E-state index is 11.9. The number of amides is 1. The molecule has 0 bridgehead atoms. The predicted octanol–water partition coefficient (Wildman–Crippen LogP) is 4.40. The number of benzene rings is 2. The van der Waals surface area contributed by atoms with E-state index in [0.717, 1.165) is 59.2 Å². The van der Waals surface area contributed by atoms with Crippen molar-refractivity contribution in [2.75, 3.05) is 18.5 Å². The van der Waals surface area contributed by atoms with Crippen LogP contribution in [0.5, 0.6) is 5.75 Å². The van der Waals surface area contributed by atoms with Crippen LogP contribution in [-0.4, -0.2) is 29.3 Å². The summed E-state index contributed by atoms with van der Waals surface area (Å²) in [7, 11) is 0. The molecule has 0 radical (unpaired) electrons. The zero-order valence-corrected chi connectivity index (χ0v) is 16.9. The number of hydrogen-bond donors (Lipinski definition) is 2. The number of anilines is 1. The Balaban J connectivity index is 1.44. The highest BCUT2D eigenvalue weighted by molar-refractivity contribution is 6.05. The van der Waals surface area contributed by atoms with E-state index in [1.807, 2.05) is 30.3 Å². The van der Waals surface area contributed by atoms with Crippen molar-refractivity contribution in [3.63, 3.8) is 0 Å². The second-order valence-corrected chi connectivity index (χ2v) is 8.46. The fraction of sp³-hybridized carbons (Fsp3) is 0.375. The van der Waals surface area contributed by atoms with Crippen LogP contribution in [0.2, 0.25) is 0 Å². The van der Waals surface area contributed by atoms with Gasteiger partial charge in [-0.25, -0.2) is 0 Å². The van der Waals surface area contributed by atoms with Crippen LogP contribution in [0.1, 0.15) is 42.6 Å². The molecule has 0 aliphatic heterocycles. The molecule has 1 aromatic heterocycles. The van der Waals surface area contributed by atoms with E-state index < -0.39 is 5.91 Å². The first-order valence-corrected chi connectivity index (χ1v) is 10.7. The van der Waals surface area contributed by atoms with E-state index >= 15 is 0 Å². The molecule has 1 amide bonds. The van der Waals surface area contributed by atoms with Gasteiger partial charge in [-0.1, -0.05) is 31.0 Å². The third kappa shape index (κ3) is 4.22. The van der Waals surface area contributed by atoms with Crippen LogP contribution in [0, 0.1) is 11.8 Å². The van der Waals surface area contributed by atoms with Gasteiger partial charge >= 0.3 is 0 Å². The summed E-state index contributed by atoms with van der Waals surface area (Å²) in [5, 5.41) is 12.6. The van der Waals surface area contributed by atoms with Crippen molar-refractivity contribution in [2.24, 2.45) is 17.6 Å². The zero-order valence-electron chi connectivity index (χ0n) is 16.9. The highest BCUT2D eigenvalue weighted by atomic mass is 16.5. The lowest BCUT2D eigenvalue weighted by atomic mass is 10.0. The molecule has 2 aromatic carbocycles. The molecule has 2 saturated carbocycles. The Labute approximate surface area is 175 Å². The molecule has 0 unspecified atom stereocenters. The SMILES string of the molecule is NC(=O)c1nnc2cc(-c3cccc(OCC4CC4)c3)ccc2c1NCCC1CC1. The first-order valence-electron chi connectivity index (χ1n) is 10.7. The third-order valence-corrected chi connectivity index (χ3v) is 5.90. The van der Waals surface area contributed by atoms with Gasteiger partial charge in [-0.2, -0.15) is 0 Å². The minimum atomic E-state index is -0.567. The molecule has 0 saturated heterocycles. The maximum absolute atomic E-state index is 11.9. The number of rotatable bonds is 9. The van der Waals surface area contributed by atoms with E-state index in [1.54, 1.807) is 0 Å². The summed E-state index contributed by atoms with van der Waals surface area (Å²) in [6.45, 7) is 1.59. The quantitative estimate of drug-likeness (QED) is 0.554. The first kappa shape index (κ1) is 18.9.